The highest BCUT2D eigenvalue weighted by Crippen LogP contribution is 2.45. The number of carbonyl (C=O) groups excluding carboxylic acids is 2. The van der Waals surface area contributed by atoms with Gasteiger partial charge in [0.1, 0.15) is 22.8 Å². The Bertz CT molecular complexity index is 973. The van der Waals surface area contributed by atoms with Gasteiger partial charge in [-0.1, -0.05) is 5.16 Å². The topological polar surface area (TPSA) is 167 Å². The number of nitrogens with zero attached hydrogens (tertiary/aromatic N) is 3. The lowest BCUT2D eigenvalue weighted by Crippen LogP contribution is -2.71. The molecule has 2 atom stereocenters. The minimum Gasteiger partial charge on any atom is -0.477 e. The molecule has 0 spiro atoms. The van der Waals surface area contributed by atoms with Crippen LogP contribution in [-0.4, -0.2) is 79.3 Å². The maximum atomic E-state index is 12.8. The second-order valence-electron chi connectivity index (χ2n) is 6.89. The fourth-order valence-electron chi connectivity index (χ4n) is 3.50. The zero-order chi connectivity index (χ0) is 22.1. The normalized spacial score (nSPS) is 24.6. The number of hydrogen-bond donors (Lipinski definition) is 4. The molecule has 31 heavy (non-hydrogen) atoms. The van der Waals surface area contributed by atoms with E-state index in [2.05, 4.69) is 15.5 Å². The molecule has 0 bridgehead atoms. The molecule has 1 aromatic heterocycles. The maximum Gasteiger partial charge on any atom is 0.353 e. The lowest BCUT2D eigenvalue weighted by atomic mass is 10.0. The van der Waals surface area contributed by atoms with Gasteiger partial charge in [-0.15, -0.1) is 34.9 Å². The average Bonchev–Trinajstić information content (AvgIpc) is 3.18. The number of carbonyl (C=O) groups is 3. The van der Waals surface area contributed by atoms with Crippen molar-refractivity contribution in [3.8, 4) is 0 Å². The number of nitrogen functional groups attached to an aromatic ring is 1. The molecule has 0 radical (unpaired) electrons. The highest BCUT2D eigenvalue weighted by Gasteiger charge is 2.54. The van der Waals surface area contributed by atoms with Gasteiger partial charge in [-0.3, -0.25) is 14.5 Å². The number of carboxylic acid groups (broad SMARTS) is 1. The molecule has 14 heteroatoms. The molecule has 3 aliphatic heterocycles. The Kier molecular flexibility index (Phi) is 6.41. The van der Waals surface area contributed by atoms with Crippen LogP contribution >= 0.6 is 34.9 Å². The van der Waals surface area contributed by atoms with E-state index in [0.717, 1.165) is 24.2 Å². The number of rotatable bonds is 6. The van der Waals surface area contributed by atoms with E-state index >= 15 is 0 Å². The first kappa shape index (κ1) is 21.9. The van der Waals surface area contributed by atoms with Gasteiger partial charge in [-0.05, 0) is 12.8 Å². The van der Waals surface area contributed by atoms with E-state index in [1.54, 1.807) is 0 Å². The first-order valence-electron chi connectivity index (χ1n) is 9.30. The summed E-state index contributed by atoms with van der Waals surface area (Å²) >= 11 is 3.95. The molecular weight excluding hydrogens is 466 g/mol. The van der Waals surface area contributed by atoms with Gasteiger partial charge in [0, 0.05) is 34.5 Å². The molecule has 2 fully saturated rings. The van der Waals surface area contributed by atoms with Gasteiger partial charge in [0.15, 0.2) is 10.8 Å². The van der Waals surface area contributed by atoms with Gasteiger partial charge >= 0.3 is 5.97 Å². The maximum absolute atomic E-state index is 12.8. The third-order valence-corrected chi connectivity index (χ3v) is 8.54. The lowest BCUT2D eigenvalue weighted by molar-refractivity contribution is -0.150. The molecule has 0 saturated carbocycles. The van der Waals surface area contributed by atoms with Crippen LogP contribution in [0.15, 0.2) is 21.1 Å². The highest BCUT2D eigenvalue weighted by molar-refractivity contribution is 8.06. The van der Waals surface area contributed by atoms with Crippen LogP contribution in [0.2, 0.25) is 0 Å². The summed E-state index contributed by atoms with van der Waals surface area (Å²) in [6.07, 6.45) is 1.65. The van der Waals surface area contributed by atoms with E-state index in [4.69, 9.17) is 10.5 Å². The molecular formula is C17H19N5O6S3. The second-order valence-corrected chi connectivity index (χ2v) is 10.3. The molecule has 5 N–H and O–H groups in total. The van der Waals surface area contributed by atoms with Gasteiger partial charge in [0.25, 0.3) is 11.8 Å². The van der Waals surface area contributed by atoms with Gasteiger partial charge in [-0.2, -0.15) is 0 Å². The number of aliphatic carboxylic acids is 1. The molecule has 1 aromatic rings. The van der Waals surface area contributed by atoms with E-state index in [-0.39, 0.29) is 27.5 Å². The van der Waals surface area contributed by atoms with E-state index in [9.17, 15) is 24.7 Å². The second kappa shape index (κ2) is 9.06. The Balaban J connectivity index is 1.48. The Morgan fingerprint density at radius 1 is 1.39 bits per heavy atom. The number of thiazole rings is 1. The van der Waals surface area contributed by atoms with Crippen LogP contribution in [0.4, 0.5) is 5.13 Å². The van der Waals surface area contributed by atoms with Crippen molar-refractivity contribution in [2.45, 2.75) is 29.5 Å². The minimum atomic E-state index is -1.17. The molecule has 0 aromatic carbocycles. The predicted octanol–water partition coefficient (Wildman–Crippen LogP) is 0.512. The summed E-state index contributed by atoms with van der Waals surface area (Å²) in [7, 11) is 0. The Morgan fingerprint density at radius 3 is 2.74 bits per heavy atom. The predicted molar refractivity (Wildman–Crippen MR) is 116 cm³/mol. The first-order valence-corrected chi connectivity index (χ1v) is 12.1. The van der Waals surface area contributed by atoms with Crippen LogP contribution in [0.5, 0.6) is 0 Å². The number of ether oxygens (including phenoxy) is 1. The number of nitrogens with two attached hydrogens (primary N) is 1. The number of fused-ring (bicyclic) bond motifs is 1. The average molecular weight is 486 g/mol. The van der Waals surface area contributed by atoms with Gasteiger partial charge in [-0.25, -0.2) is 9.78 Å². The van der Waals surface area contributed by atoms with Crippen LogP contribution in [-0.2, 0) is 19.1 Å². The van der Waals surface area contributed by atoms with Gasteiger partial charge in [0.05, 0.1) is 0 Å². The number of amides is 2. The minimum absolute atomic E-state index is 0.0286. The number of hydrogen-bond acceptors (Lipinski definition) is 11. The summed E-state index contributed by atoms with van der Waals surface area (Å²) in [5, 5.41) is 25.8. The lowest BCUT2D eigenvalue weighted by Gasteiger charge is -2.49. The third kappa shape index (κ3) is 4.24. The van der Waals surface area contributed by atoms with Gasteiger partial charge < -0.3 is 26.1 Å². The van der Waals surface area contributed by atoms with E-state index in [0.29, 0.717) is 23.9 Å². The van der Waals surface area contributed by atoms with Gasteiger partial charge in [0.2, 0.25) is 0 Å². The number of aromatic nitrogens is 1. The summed E-state index contributed by atoms with van der Waals surface area (Å²) in [6.45, 7) is 1.28. The van der Waals surface area contributed by atoms with Crippen molar-refractivity contribution in [3.05, 3.63) is 21.7 Å². The Hall–Kier alpha value is -2.29. The van der Waals surface area contributed by atoms with Crippen LogP contribution < -0.4 is 11.1 Å². The first-order chi connectivity index (χ1) is 14.9. The highest BCUT2D eigenvalue weighted by atomic mass is 32.2. The fourth-order valence-corrected chi connectivity index (χ4v) is 6.84. The molecule has 1 unspecified atom stereocenters. The standard InChI is InChI=1S/C17H19N5O6S3/c18-17-19-8(5-30-17)10(21-27)13(23)20-11-14(24)22-12(16(25)26)9(6-29-15(11)22)31-7-1-3-28-4-2-7/h5,7,11,15,27H,1-4,6H2,(H2,18,19)(H,20,23)(H,25,26)/b21-10-/t11?,15-/m0/s1. The molecule has 3 aliphatic rings. The van der Waals surface area contributed by atoms with Crippen LogP contribution in [0.3, 0.4) is 0 Å². The third-order valence-electron chi connectivity index (χ3n) is 4.98. The summed E-state index contributed by atoms with van der Waals surface area (Å²) in [6, 6.07) is -0.936. The number of nitrogens with one attached hydrogen (secondary N) is 1. The largest absolute Gasteiger partial charge is 0.477 e. The Morgan fingerprint density at radius 2 is 2.13 bits per heavy atom. The summed E-state index contributed by atoms with van der Waals surface area (Å²) in [4.78, 5) is 43.0. The monoisotopic (exact) mass is 485 g/mol. The van der Waals surface area contributed by atoms with E-state index in [1.165, 1.54) is 33.8 Å². The summed E-state index contributed by atoms with van der Waals surface area (Å²) < 4.78 is 5.35. The van der Waals surface area contributed by atoms with Crippen molar-refractivity contribution in [1.29, 1.82) is 0 Å². The SMILES string of the molecule is Nc1nc(/C(=N/O)C(=O)NC2C(=O)N3C(C(=O)O)=C(SC4CCOCC4)CS[C@@H]23)cs1. The molecule has 2 saturated heterocycles. The fraction of sp³-hybridized carbons (Fsp3) is 0.471. The van der Waals surface area contributed by atoms with Crippen molar-refractivity contribution in [3.63, 3.8) is 0 Å². The molecule has 4 rings (SSSR count). The zero-order valence-corrected chi connectivity index (χ0v) is 18.5. The number of anilines is 1. The van der Waals surface area contributed by atoms with Crippen LogP contribution in [0, 0.1) is 0 Å². The number of thioether (sulfide) groups is 2. The summed E-state index contributed by atoms with van der Waals surface area (Å²) in [5.74, 6) is -2.07. The molecule has 11 nitrogen and oxygen atoms in total. The number of carboxylic acids is 1. The quantitative estimate of drug-likeness (QED) is 0.193. The van der Waals surface area contributed by atoms with Crippen molar-refractivity contribution >= 4 is 63.5 Å². The van der Waals surface area contributed by atoms with Crippen molar-refractivity contribution in [1.82, 2.24) is 15.2 Å². The molecule has 0 aliphatic carbocycles. The van der Waals surface area contributed by atoms with Crippen molar-refractivity contribution in [2.75, 3.05) is 24.7 Å². The molecule has 2 amide bonds. The smallest absolute Gasteiger partial charge is 0.353 e. The molecule has 4 heterocycles. The van der Waals surface area contributed by atoms with Crippen LogP contribution in [0.25, 0.3) is 0 Å². The Labute approximate surface area is 189 Å². The number of oxime groups is 1. The van der Waals surface area contributed by atoms with Crippen LogP contribution in [0.1, 0.15) is 18.5 Å². The zero-order valence-electron chi connectivity index (χ0n) is 16.0. The molecule has 166 valence electrons. The van der Waals surface area contributed by atoms with Crippen molar-refractivity contribution < 1.29 is 29.4 Å². The van der Waals surface area contributed by atoms with Crippen molar-refractivity contribution in [2.24, 2.45) is 5.16 Å². The van der Waals surface area contributed by atoms with E-state index in [1.807, 2.05) is 0 Å². The van der Waals surface area contributed by atoms with E-state index < -0.39 is 29.2 Å². The summed E-state index contributed by atoms with van der Waals surface area (Å²) in [5.41, 5.74) is 5.24. The number of β-lactam (4-membered cyclic amide) rings is 1.